The fourth-order valence-corrected chi connectivity index (χ4v) is 1.62. The van der Waals surface area contributed by atoms with Gasteiger partial charge in [0.25, 0.3) is 5.91 Å². The Kier molecular flexibility index (Phi) is 4.06. The molecular formula is C13H11F3N4O. The Morgan fingerprint density at radius 1 is 1.19 bits per heavy atom. The molecule has 2 rings (SSSR count). The summed E-state index contributed by atoms with van der Waals surface area (Å²) in [5.41, 5.74) is -1.33. The zero-order valence-corrected chi connectivity index (χ0v) is 10.9. The second kappa shape index (κ2) is 5.78. The number of rotatable bonds is 3. The second-order valence-corrected chi connectivity index (χ2v) is 4.04. The number of para-hydroxylation sites is 1. The number of halogens is 3. The second-order valence-electron chi connectivity index (χ2n) is 4.04. The first-order chi connectivity index (χ1) is 9.91. The molecule has 0 bridgehead atoms. The van der Waals surface area contributed by atoms with Crippen LogP contribution >= 0.6 is 0 Å². The molecule has 0 aliphatic heterocycles. The van der Waals surface area contributed by atoms with Crippen molar-refractivity contribution in [2.75, 3.05) is 17.7 Å². The summed E-state index contributed by atoms with van der Waals surface area (Å²) < 4.78 is 38.5. The standard InChI is InChI=1S/C13H11F3N4O/c1-17-11-7-18-6-10(19-11)12(21)20-9-5-3-2-4-8(9)13(14,15)16/h2-7H,1H3,(H,17,19)(H,20,21). The van der Waals surface area contributed by atoms with Gasteiger partial charge in [-0.2, -0.15) is 13.2 Å². The summed E-state index contributed by atoms with van der Waals surface area (Å²) in [4.78, 5) is 19.6. The Morgan fingerprint density at radius 3 is 2.57 bits per heavy atom. The van der Waals surface area contributed by atoms with Crippen molar-refractivity contribution in [3.8, 4) is 0 Å². The summed E-state index contributed by atoms with van der Waals surface area (Å²) in [6.07, 6.45) is -1.99. The molecule has 0 spiro atoms. The maximum absolute atomic E-state index is 12.8. The summed E-state index contributed by atoms with van der Waals surface area (Å²) in [5, 5.41) is 4.88. The first-order valence-electron chi connectivity index (χ1n) is 5.89. The quantitative estimate of drug-likeness (QED) is 0.914. The number of aromatic nitrogens is 2. The van der Waals surface area contributed by atoms with E-state index in [0.717, 1.165) is 6.07 Å². The predicted molar refractivity (Wildman–Crippen MR) is 71.0 cm³/mol. The summed E-state index contributed by atoms with van der Waals surface area (Å²) in [6.45, 7) is 0. The average Bonchev–Trinajstić information content (AvgIpc) is 2.46. The van der Waals surface area contributed by atoms with E-state index in [-0.39, 0.29) is 11.4 Å². The summed E-state index contributed by atoms with van der Waals surface area (Å²) in [7, 11) is 1.59. The number of hydrogen-bond acceptors (Lipinski definition) is 4. The van der Waals surface area contributed by atoms with Gasteiger partial charge in [0.2, 0.25) is 0 Å². The van der Waals surface area contributed by atoms with Gasteiger partial charge in [0.05, 0.1) is 23.6 Å². The molecule has 0 fully saturated rings. The Morgan fingerprint density at radius 2 is 1.90 bits per heavy atom. The van der Waals surface area contributed by atoms with E-state index in [1.165, 1.54) is 30.6 Å². The van der Waals surface area contributed by atoms with E-state index in [0.29, 0.717) is 5.82 Å². The van der Waals surface area contributed by atoms with Crippen molar-refractivity contribution in [3.63, 3.8) is 0 Å². The third-order valence-electron chi connectivity index (χ3n) is 2.60. The number of amides is 1. The highest BCUT2D eigenvalue weighted by atomic mass is 19.4. The van der Waals surface area contributed by atoms with Crippen LogP contribution in [0.2, 0.25) is 0 Å². The van der Waals surface area contributed by atoms with E-state index < -0.39 is 17.6 Å². The van der Waals surface area contributed by atoms with Crippen molar-refractivity contribution >= 4 is 17.4 Å². The third kappa shape index (κ3) is 3.47. The number of alkyl halides is 3. The van der Waals surface area contributed by atoms with Crippen LogP contribution in [0.1, 0.15) is 16.1 Å². The van der Waals surface area contributed by atoms with Gasteiger partial charge in [0, 0.05) is 7.05 Å². The number of nitrogens with one attached hydrogen (secondary N) is 2. The molecule has 21 heavy (non-hydrogen) atoms. The Labute approximate surface area is 118 Å². The minimum atomic E-state index is -4.55. The van der Waals surface area contributed by atoms with Crippen molar-refractivity contribution in [3.05, 3.63) is 47.9 Å². The van der Waals surface area contributed by atoms with Crippen LogP contribution in [-0.2, 0) is 6.18 Å². The molecular weight excluding hydrogens is 285 g/mol. The summed E-state index contributed by atoms with van der Waals surface area (Å²) >= 11 is 0. The summed E-state index contributed by atoms with van der Waals surface area (Å²) in [6, 6.07) is 4.72. The van der Waals surface area contributed by atoms with Crippen LogP contribution in [0.3, 0.4) is 0 Å². The van der Waals surface area contributed by atoms with Crippen molar-refractivity contribution < 1.29 is 18.0 Å². The highest BCUT2D eigenvalue weighted by molar-refractivity contribution is 6.03. The van der Waals surface area contributed by atoms with E-state index in [4.69, 9.17) is 0 Å². The lowest BCUT2D eigenvalue weighted by atomic mass is 10.1. The smallest absolute Gasteiger partial charge is 0.372 e. The van der Waals surface area contributed by atoms with Crippen molar-refractivity contribution in [2.45, 2.75) is 6.18 Å². The van der Waals surface area contributed by atoms with Crippen molar-refractivity contribution in [1.82, 2.24) is 9.97 Å². The van der Waals surface area contributed by atoms with E-state index in [1.54, 1.807) is 7.05 Å². The topological polar surface area (TPSA) is 66.9 Å². The molecule has 8 heteroatoms. The maximum Gasteiger partial charge on any atom is 0.418 e. The molecule has 0 radical (unpaired) electrons. The Balaban J connectivity index is 2.28. The van der Waals surface area contributed by atoms with Crippen LogP contribution in [0.5, 0.6) is 0 Å². The van der Waals surface area contributed by atoms with E-state index >= 15 is 0 Å². The molecule has 2 aromatic rings. The number of carbonyl (C=O) groups excluding carboxylic acids is 1. The molecule has 1 aromatic heterocycles. The van der Waals surface area contributed by atoms with Gasteiger partial charge in [-0.05, 0) is 12.1 Å². The van der Waals surface area contributed by atoms with Crippen LogP contribution in [0, 0.1) is 0 Å². The van der Waals surface area contributed by atoms with E-state index in [1.807, 2.05) is 0 Å². The molecule has 0 aliphatic rings. The molecule has 110 valence electrons. The van der Waals surface area contributed by atoms with Gasteiger partial charge < -0.3 is 10.6 Å². The molecule has 1 aromatic carbocycles. The minimum absolute atomic E-state index is 0.0844. The van der Waals surface area contributed by atoms with Gasteiger partial charge in [0.1, 0.15) is 11.5 Å². The number of carbonyl (C=O) groups is 1. The largest absolute Gasteiger partial charge is 0.418 e. The Bertz CT molecular complexity index is 658. The highest BCUT2D eigenvalue weighted by Crippen LogP contribution is 2.34. The molecule has 2 N–H and O–H groups in total. The molecule has 5 nitrogen and oxygen atoms in total. The fourth-order valence-electron chi connectivity index (χ4n) is 1.62. The van der Waals surface area contributed by atoms with Gasteiger partial charge in [0.15, 0.2) is 0 Å². The highest BCUT2D eigenvalue weighted by Gasteiger charge is 2.33. The van der Waals surface area contributed by atoms with Gasteiger partial charge in [-0.25, -0.2) is 4.98 Å². The van der Waals surface area contributed by atoms with Crippen LogP contribution < -0.4 is 10.6 Å². The van der Waals surface area contributed by atoms with Crippen molar-refractivity contribution in [2.24, 2.45) is 0 Å². The van der Waals surface area contributed by atoms with Crippen LogP contribution in [-0.4, -0.2) is 22.9 Å². The zero-order valence-electron chi connectivity index (χ0n) is 10.9. The van der Waals surface area contributed by atoms with Gasteiger partial charge in [-0.1, -0.05) is 12.1 Å². The van der Waals surface area contributed by atoms with Crippen LogP contribution in [0.4, 0.5) is 24.7 Å². The van der Waals surface area contributed by atoms with Crippen molar-refractivity contribution in [1.29, 1.82) is 0 Å². The van der Waals surface area contributed by atoms with Gasteiger partial charge in [-0.15, -0.1) is 0 Å². The van der Waals surface area contributed by atoms with Gasteiger partial charge >= 0.3 is 6.18 Å². The molecule has 0 atom stereocenters. The molecule has 1 amide bonds. The lowest BCUT2D eigenvalue weighted by Crippen LogP contribution is -2.18. The Hall–Kier alpha value is -2.64. The predicted octanol–water partition coefficient (Wildman–Crippen LogP) is 2.79. The molecule has 0 saturated heterocycles. The lowest BCUT2D eigenvalue weighted by molar-refractivity contribution is -0.136. The fraction of sp³-hybridized carbons (Fsp3) is 0.154. The molecule has 0 unspecified atom stereocenters. The normalized spacial score (nSPS) is 11.0. The zero-order chi connectivity index (χ0) is 15.5. The third-order valence-corrected chi connectivity index (χ3v) is 2.60. The maximum atomic E-state index is 12.8. The monoisotopic (exact) mass is 296 g/mol. The molecule has 1 heterocycles. The number of anilines is 2. The van der Waals surface area contributed by atoms with Crippen LogP contribution in [0.15, 0.2) is 36.7 Å². The average molecular weight is 296 g/mol. The minimum Gasteiger partial charge on any atom is -0.372 e. The first kappa shape index (κ1) is 14.8. The van der Waals surface area contributed by atoms with E-state index in [9.17, 15) is 18.0 Å². The summed E-state index contributed by atoms with van der Waals surface area (Å²) in [5.74, 6) is -0.428. The number of hydrogen-bond donors (Lipinski definition) is 2. The van der Waals surface area contributed by atoms with E-state index in [2.05, 4.69) is 20.6 Å². The van der Waals surface area contributed by atoms with Gasteiger partial charge in [-0.3, -0.25) is 9.78 Å². The number of nitrogens with zero attached hydrogens (tertiary/aromatic N) is 2. The lowest BCUT2D eigenvalue weighted by Gasteiger charge is -2.13. The molecule has 0 saturated carbocycles. The first-order valence-corrected chi connectivity index (χ1v) is 5.89. The van der Waals surface area contributed by atoms with Crippen LogP contribution in [0.25, 0.3) is 0 Å². The molecule has 0 aliphatic carbocycles. The number of benzene rings is 1. The SMILES string of the molecule is CNc1cncc(C(=O)Nc2ccccc2C(F)(F)F)n1.